The molecule has 2 aromatic rings. The highest BCUT2D eigenvalue weighted by molar-refractivity contribution is 7.92. The van der Waals surface area contributed by atoms with Crippen LogP contribution < -0.4 is 9.62 Å². The Morgan fingerprint density at radius 1 is 1.03 bits per heavy atom. The van der Waals surface area contributed by atoms with Gasteiger partial charge in [0.15, 0.2) is 0 Å². The first-order chi connectivity index (χ1) is 16.4. The summed E-state index contributed by atoms with van der Waals surface area (Å²) in [5.41, 5.74) is 2.34. The van der Waals surface area contributed by atoms with E-state index in [4.69, 9.17) is 11.6 Å². The number of nitrogens with zero attached hydrogens (tertiary/aromatic N) is 2. The molecule has 0 unspecified atom stereocenters. The van der Waals surface area contributed by atoms with Gasteiger partial charge in [0.2, 0.25) is 21.8 Å². The maximum absolute atomic E-state index is 13.2. The van der Waals surface area contributed by atoms with Crippen LogP contribution in [0.25, 0.3) is 0 Å². The van der Waals surface area contributed by atoms with Gasteiger partial charge in [0, 0.05) is 30.6 Å². The lowest BCUT2D eigenvalue weighted by Gasteiger charge is -2.30. The summed E-state index contributed by atoms with van der Waals surface area (Å²) >= 11 is 6.10. The van der Waals surface area contributed by atoms with Gasteiger partial charge in [0.1, 0.15) is 6.04 Å². The molecule has 0 heterocycles. The van der Waals surface area contributed by atoms with E-state index in [2.05, 4.69) is 5.32 Å². The van der Waals surface area contributed by atoms with Crippen LogP contribution in [-0.4, -0.2) is 56.6 Å². The molecule has 1 atom stereocenters. The summed E-state index contributed by atoms with van der Waals surface area (Å²) in [6.45, 7) is 7.80. The van der Waals surface area contributed by atoms with Crippen molar-refractivity contribution in [3.63, 3.8) is 0 Å². The summed E-state index contributed by atoms with van der Waals surface area (Å²) in [7, 11) is -3.58. The summed E-state index contributed by atoms with van der Waals surface area (Å²) < 4.78 is 26.3. The lowest BCUT2D eigenvalue weighted by molar-refractivity contribution is -0.140. The molecular weight excluding hydrogens is 486 g/mol. The van der Waals surface area contributed by atoms with E-state index in [0.717, 1.165) is 17.4 Å². The van der Waals surface area contributed by atoms with Crippen molar-refractivity contribution >= 4 is 39.1 Å². The third-order valence-electron chi connectivity index (χ3n) is 5.67. The summed E-state index contributed by atoms with van der Waals surface area (Å²) in [6.07, 6.45) is 2.17. The number of aryl methyl sites for hydroxylation is 1. The SMILES string of the molecule is Cc1ccc(Cl)cc1N(CCCC(=O)N(CCc1ccccc1)[C@H](C)C(=O)NC(C)C)S(C)(=O)=O. The maximum atomic E-state index is 13.2. The van der Waals surface area contributed by atoms with Crippen molar-refractivity contribution < 1.29 is 18.0 Å². The number of rotatable bonds is 12. The number of carbonyl (C=O) groups is 2. The van der Waals surface area contributed by atoms with Crippen LogP contribution in [-0.2, 0) is 26.0 Å². The maximum Gasteiger partial charge on any atom is 0.242 e. The quantitative estimate of drug-likeness (QED) is 0.454. The number of hydrogen-bond donors (Lipinski definition) is 1. The van der Waals surface area contributed by atoms with Crippen LogP contribution in [0.2, 0.25) is 5.02 Å². The van der Waals surface area contributed by atoms with Crippen LogP contribution >= 0.6 is 11.6 Å². The molecule has 2 amide bonds. The van der Waals surface area contributed by atoms with Gasteiger partial charge in [-0.1, -0.05) is 48.0 Å². The number of sulfonamides is 1. The molecule has 0 saturated carbocycles. The number of hydrogen-bond acceptors (Lipinski definition) is 4. The minimum Gasteiger partial charge on any atom is -0.352 e. The molecule has 1 N–H and O–H groups in total. The van der Waals surface area contributed by atoms with Crippen LogP contribution in [0.5, 0.6) is 0 Å². The van der Waals surface area contributed by atoms with E-state index in [1.807, 2.05) is 51.1 Å². The molecule has 2 aromatic carbocycles. The molecular formula is C26H36ClN3O4S. The van der Waals surface area contributed by atoms with Crippen LogP contribution in [0.4, 0.5) is 5.69 Å². The first-order valence-corrected chi connectivity index (χ1v) is 14.0. The first kappa shape index (κ1) is 28.7. The highest BCUT2D eigenvalue weighted by Gasteiger charge is 2.27. The number of benzene rings is 2. The molecule has 0 radical (unpaired) electrons. The standard InChI is InChI=1S/C26H36ClN3O4S/c1-19(2)28-26(32)21(4)29(17-15-22-10-7-6-8-11-22)25(31)12-9-16-30(35(5,33)34)24-18-23(27)14-13-20(24)3/h6-8,10-11,13-14,18-19,21H,9,12,15-17H2,1-5H3,(H,28,32)/t21-/m1/s1. The lowest BCUT2D eigenvalue weighted by Crippen LogP contribution is -2.50. The Balaban J connectivity index is 2.14. The summed E-state index contributed by atoms with van der Waals surface area (Å²) in [6, 6.07) is 14.2. The molecule has 0 saturated heterocycles. The fourth-order valence-corrected chi connectivity index (χ4v) is 4.99. The topological polar surface area (TPSA) is 86.8 Å². The minimum absolute atomic E-state index is 0.0414. The van der Waals surface area contributed by atoms with Gasteiger partial charge in [-0.05, 0) is 63.8 Å². The van der Waals surface area contributed by atoms with Crippen LogP contribution in [0.1, 0.15) is 44.7 Å². The van der Waals surface area contributed by atoms with Crippen molar-refractivity contribution in [2.45, 2.75) is 59.0 Å². The minimum atomic E-state index is -3.58. The van der Waals surface area contributed by atoms with Crippen molar-refractivity contribution in [3.8, 4) is 0 Å². The zero-order chi connectivity index (χ0) is 26.2. The predicted molar refractivity (Wildman–Crippen MR) is 142 cm³/mol. The van der Waals surface area contributed by atoms with E-state index in [9.17, 15) is 18.0 Å². The molecule has 9 heteroatoms. The average Bonchev–Trinajstić information content (AvgIpc) is 2.78. The van der Waals surface area contributed by atoms with Gasteiger partial charge in [0.05, 0.1) is 11.9 Å². The highest BCUT2D eigenvalue weighted by atomic mass is 35.5. The number of anilines is 1. The van der Waals surface area contributed by atoms with E-state index in [1.54, 1.807) is 30.0 Å². The fraction of sp³-hybridized carbons (Fsp3) is 0.462. The third kappa shape index (κ3) is 8.85. The monoisotopic (exact) mass is 521 g/mol. The number of nitrogens with one attached hydrogen (secondary N) is 1. The Hall–Kier alpha value is -2.58. The van der Waals surface area contributed by atoms with E-state index in [0.29, 0.717) is 30.1 Å². The molecule has 0 bridgehead atoms. The molecule has 0 spiro atoms. The van der Waals surface area contributed by atoms with Gasteiger partial charge < -0.3 is 10.2 Å². The van der Waals surface area contributed by atoms with Gasteiger partial charge in [0.25, 0.3) is 0 Å². The number of halogens is 1. The van der Waals surface area contributed by atoms with Gasteiger partial charge in [-0.15, -0.1) is 0 Å². The second-order valence-corrected chi connectivity index (χ2v) is 11.4. The van der Waals surface area contributed by atoms with Gasteiger partial charge >= 0.3 is 0 Å². The van der Waals surface area contributed by atoms with Crippen molar-refractivity contribution in [2.75, 3.05) is 23.7 Å². The average molecular weight is 522 g/mol. The zero-order valence-corrected chi connectivity index (χ0v) is 22.7. The second-order valence-electron chi connectivity index (χ2n) is 9.03. The van der Waals surface area contributed by atoms with E-state index in [-0.39, 0.29) is 30.8 Å². The Morgan fingerprint density at radius 3 is 2.29 bits per heavy atom. The number of carbonyl (C=O) groups excluding carboxylic acids is 2. The fourth-order valence-electron chi connectivity index (χ4n) is 3.81. The molecule has 2 rings (SSSR count). The van der Waals surface area contributed by atoms with Gasteiger partial charge in [-0.3, -0.25) is 13.9 Å². The molecule has 7 nitrogen and oxygen atoms in total. The number of amides is 2. The van der Waals surface area contributed by atoms with Gasteiger partial charge in [-0.25, -0.2) is 8.42 Å². The van der Waals surface area contributed by atoms with Crippen molar-refractivity contribution in [2.24, 2.45) is 0 Å². The molecule has 0 aliphatic heterocycles. The van der Waals surface area contributed by atoms with E-state index >= 15 is 0 Å². The highest BCUT2D eigenvalue weighted by Crippen LogP contribution is 2.26. The van der Waals surface area contributed by atoms with Crippen molar-refractivity contribution in [3.05, 3.63) is 64.7 Å². The summed E-state index contributed by atoms with van der Waals surface area (Å²) in [5.74, 6) is -0.405. The second kappa shape index (κ2) is 12.9. The third-order valence-corrected chi connectivity index (χ3v) is 7.09. The predicted octanol–water partition coefficient (Wildman–Crippen LogP) is 4.18. The summed E-state index contributed by atoms with van der Waals surface area (Å²) in [4.78, 5) is 27.5. The van der Waals surface area contributed by atoms with E-state index in [1.165, 1.54) is 4.31 Å². The molecule has 0 aliphatic carbocycles. The Labute approximate surface area is 214 Å². The van der Waals surface area contributed by atoms with E-state index < -0.39 is 16.1 Å². The van der Waals surface area contributed by atoms with Crippen molar-refractivity contribution in [1.82, 2.24) is 10.2 Å². The Morgan fingerprint density at radius 2 is 1.69 bits per heavy atom. The molecule has 35 heavy (non-hydrogen) atoms. The van der Waals surface area contributed by atoms with Crippen LogP contribution in [0.15, 0.2) is 48.5 Å². The molecule has 192 valence electrons. The molecule has 0 fully saturated rings. The largest absolute Gasteiger partial charge is 0.352 e. The zero-order valence-electron chi connectivity index (χ0n) is 21.1. The van der Waals surface area contributed by atoms with Gasteiger partial charge in [-0.2, -0.15) is 0 Å². The lowest BCUT2D eigenvalue weighted by atomic mass is 10.1. The van der Waals surface area contributed by atoms with Crippen molar-refractivity contribution in [1.29, 1.82) is 0 Å². The van der Waals surface area contributed by atoms with Crippen LogP contribution in [0, 0.1) is 6.92 Å². The smallest absolute Gasteiger partial charge is 0.242 e. The normalized spacial score (nSPS) is 12.3. The summed E-state index contributed by atoms with van der Waals surface area (Å²) in [5, 5.41) is 3.31. The Bertz CT molecular complexity index is 1110. The molecule has 0 aliphatic rings. The first-order valence-electron chi connectivity index (χ1n) is 11.8. The Kier molecular flexibility index (Phi) is 10.6. The van der Waals surface area contributed by atoms with Crippen LogP contribution in [0.3, 0.4) is 0 Å². The molecule has 0 aromatic heterocycles.